The molecular formula is C4H7N5O2S. The lowest BCUT2D eigenvalue weighted by Gasteiger charge is -1.98. The maximum Gasteiger partial charge on any atom is 0.273 e. The molecule has 0 radical (unpaired) electrons. The molecule has 0 fully saturated rings. The lowest BCUT2D eigenvalue weighted by atomic mass is 10.5. The Kier molecular flexibility index (Phi) is 1.86. The molecule has 0 aliphatic heterocycles. The molecule has 0 atom stereocenters. The predicted molar refractivity (Wildman–Crippen MR) is 42.2 cm³/mol. The molecule has 0 spiro atoms. The smallest absolute Gasteiger partial charge is 0.273 e. The highest BCUT2D eigenvalue weighted by molar-refractivity contribution is 7.89. The molecule has 0 aliphatic carbocycles. The van der Waals surface area contributed by atoms with Crippen LogP contribution in [0.3, 0.4) is 0 Å². The number of nitrogens with two attached hydrogens (primary N) is 3. The van der Waals surface area contributed by atoms with Crippen LogP contribution >= 0.6 is 0 Å². The van der Waals surface area contributed by atoms with Crippen molar-refractivity contribution in [2.24, 2.45) is 5.14 Å². The molecule has 0 unspecified atom stereocenters. The fourth-order valence-electron chi connectivity index (χ4n) is 0.589. The van der Waals surface area contributed by atoms with Gasteiger partial charge in [0.1, 0.15) is 11.6 Å². The van der Waals surface area contributed by atoms with Crippen molar-refractivity contribution in [3.8, 4) is 0 Å². The second kappa shape index (κ2) is 2.57. The zero-order chi connectivity index (χ0) is 9.35. The summed E-state index contributed by atoms with van der Waals surface area (Å²) in [5.74, 6) is -0.0712. The Morgan fingerprint density at radius 1 is 1.17 bits per heavy atom. The number of primary sulfonamides is 1. The molecule has 0 saturated heterocycles. The number of nitrogen functional groups attached to an aromatic ring is 2. The minimum atomic E-state index is -3.93. The molecule has 1 rings (SSSR count). The Labute approximate surface area is 68.7 Å². The van der Waals surface area contributed by atoms with Crippen LogP contribution in [0, 0.1) is 0 Å². The average molecular weight is 189 g/mol. The minimum absolute atomic E-state index is 0.0356. The summed E-state index contributed by atoms with van der Waals surface area (Å²) < 4.78 is 21.4. The van der Waals surface area contributed by atoms with E-state index in [1.54, 1.807) is 0 Å². The van der Waals surface area contributed by atoms with E-state index in [1.165, 1.54) is 6.07 Å². The molecular weight excluding hydrogens is 182 g/mol. The zero-order valence-electron chi connectivity index (χ0n) is 5.93. The fraction of sp³-hybridized carbons (Fsp3) is 0. The van der Waals surface area contributed by atoms with E-state index in [0.717, 1.165) is 0 Å². The average Bonchev–Trinajstić information content (AvgIpc) is 1.82. The van der Waals surface area contributed by atoms with Gasteiger partial charge in [-0.15, -0.1) is 0 Å². The number of hydrogen-bond donors (Lipinski definition) is 3. The van der Waals surface area contributed by atoms with Crippen molar-refractivity contribution in [3.63, 3.8) is 0 Å². The first kappa shape index (κ1) is 8.68. The molecule has 0 aliphatic rings. The van der Waals surface area contributed by atoms with Crippen molar-refractivity contribution >= 4 is 21.7 Å². The van der Waals surface area contributed by atoms with Gasteiger partial charge in [0.05, 0.1) is 0 Å². The standard InChI is InChI=1S/C4H7N5O2S/c5-2-1-3(6)9-4(8-2)12(7,10)11/h1H,(H2,7,10,11)(H4,5,6,8,9). The van der Waals surface area contributed by atoms with Gasteiger partial charge >= 0.3 is 0 Å². The first-order valence-electron chi connectivity index (χ1n) is 2.82. The maximum atomic E-state index is 10.7. The van der Waals surface area contributed by atoms with Gasteiger partial charge in [0.15, 0.2) is 0 Å². The fourth-order valence-corrected chi connectivity index (χ4v) is 1.05. The molecule has 1 aromatic rings. The lowest BCUT2D eigenvalue weighted by molar-refractivity contribution is 0.589. The van der Waals surface area contributed by atoms with E-state index in [2.05, 4.69) is 9.97 Å². The summed E-state index contributed by atoms with van der Waals surface area (Å²) in [4.78, 5) is 6.76. The summed E-state index contributed by atoms with van der Waals surface area (Å²) in [5, 5.41) is 4.16. The van der Waals surface area contributed by atoms with Crippen LogP contribution in [0.4, 0.5) is 11.6 Å². The number of rotatable bonds is 1. The monoisotopic (exact) mass is 189 g/mol. The Hall–Kier alpha value is -1.41. The summed E-state index contributed by atoms with van der Waals surface area (Å²) >= 11 is 0. The van der Waals surface area contributed by atoms with Crippen molar-refractivity contribution in [2.45, 2.75) is 5.16 Å². The third-order valence-corrected chi connectivity index (χ3v) is 1.69. The Morgan fingerprint density at radius 2 is 1.58 bits per heavy atom. The molecule has 1 heterocycles. The van der Waals surface area contributed by atoms with Crippen molar-refractivity contribution in [3.05, 3.63) is 6.07 Å². The van der Waals surface area contributed by atoms with Gasteiger partial charge in [0.2, 0.25) is 0 Å². The number of hydrogen-bond acceptors (Lipinski definition) is 6. The molecule has 8 heteroatoms. The van der Waals surface area contributed by atoms with E-state index < -0.39 is 15.2 Å². The lowest BCUT2D eigenvalue weighted by Crippen LogP contribution is -2.17. The second-order valence-corrected chi connectivity index (χ2v) is 3.50. The maximum absolute atomic E-state index is 10.7. The largest absolute Gasteiger partial charge is 0.383 e. The van der Waals surface area contributed by atoms with E-state index in [1.807, 2.05) is 0 Å². The number of anilines is 2. The van der Waals surface area contributed by atoms with Crippen LogP contribution in [0.15, 0.2) is 11.2 Å². The zero-order valence-corrected chi connectivity index (χ0v) is 6.75. The van der Waals surface area contributed by atoms with E-state index in [0.29, 0.717) is 0 Å². The summed E-state index contributed by atoms with van der Waals surface area (Å²) in [6.07, 6.45) is 0. The topological polar surface area (TPSA) is 138 Å². The SMILES string of the molecule is Nc1cc(N)nc(S(N)(=O)=O)n1. The predicted octanol–water partition coefficient (Wildman–Crippen LogP) is -1.71. The van der Waals surface area contributed by atoms with E-state index in [9.17, 15) is 8.42 Å². The van der Waals surface area contributed by atoms with Crippen LogP contribution < -0.4 is 16.6 Å². The summed E-state index contributed by atoms with van der Waals surface area (Å²) in [5.41, 5.74) is 10.4. The summed E-state index contributed by atoms with van der Waals surface area (Å²) in [7, 11) is -3.93. The van der Waals surface area contributed by atoms with Gasteiger partial charge in [-0.05, 0) is 0 Å². The van der Waals surface area contributed by atoms with Gasteiger partial charge in [0.25, 0.3) is 15.2 Å². The van der Waals surface area contributed by atoms with Crippen molar-refractivity contribution in [1.29, 1.82) is 0 Å². The van der Waals surface area contributed by atoms with Crippen LogP contribution in [-0.2, 0) is 10.0 Å². The molecule has 6 N–H and O–H groups in total. The van der Waals surface area contributed by atoms with Gasteiger partial charge in [-0.3, -0.25) is 0 Å². The number of aromatic nitrogens is 2. The van der Waals surface area contributed by atoms with E-state index in [4.69, 9.17) is 16.6 Å². The molecule has 1 aromatic heterocycles. The quantitative estimate of drug-likeness (QED) is 0.449. The number of nitrogens with zero attached hydrogens (tertiary/aromatic N) is 2. The Balaban J connectivity index is 3.37. The molecule has 0 aromatic carbocycles. The van der Waals surface area contributed by atoms with Crippen molar-refractivity contribution in [2.75, 3.05) is 11.5 Å². The summed E-state index contributed by atoms with van der Waals surface area (Å²) in [6.45, 7) is 0. The first-order chi connectivity index (χ1) is 5.39. The minimum Gasteiger partial charge on any atom is -0.383 e. The number of sulfonamides is 1. The highest BCUT2D eigenvalue weighted by Crippen LogP contribution is 2.06. The van der Waals surface area contributed by atoms with Crippen molar-refractivity contribution < 1.29 is 8.42 Å². The first-order valence-corrected chi connectivity index (χ1v) is 4.37. The van der Waals surface area contributed by atoms with E-state index >= 15 is 0 Å². The molecule has 0 amide bonds. The van der Waals surface area contributed by atoms with Gasteiger partial charge in [-0.25, -0.2) is 23.5 Å². The molecule has 66 valence electrons. The Bertz CT molecular complexity index is 380. The Morgan fingerprint density at radius 3 is 1.92 bits per heavy atom. The molecule has 0 bridgehead atoms. The van der Waals surface area contributed by atoms with Gasteiger partial charge in [-0.2, -0.15) is 0 Å². The van der Waals surface area contributed by atoms with Gasteiger partial charge in [0, 0.05) is 6.07 Å². The normalized spacial score (nSPS) is 11.4. The van der Waals surface area contributed by atoms with Crippen LogP contribution in [0.25, 0.3) is 0 Å². The van der Waals surface area contributed by atoms with Crippen LogP contribution in [0.5, 0.6) is 0 Å². The van der Waals surface area contributed by atoms with E-state index in [-0.39, 0.29) is 11.6 Å². The van der Waals surface area contributed by atoms with Crippen molar-refractivity contribution in [1.82, 2.24) is 9.97 Å². The van der Waals surface area contributed by atoms with Gasteiger partial charge in [-0.1, -0.05) is 0 Å². The molecule has 12 heavy (non-hydrogen) atoms. The third-order valence-electron chi connectivity index (χ3n) is 1.000. The highest BCUT2D eigenvalue weighted by atomic mass is 32.2. The molecule has 0 saturated carbocycles. The van der Waals surface area contributed by atoms with Gasteiger partial charge < -0.3 is 11.5 Å². The van der Waals surface area contributed by atoms with Crippen LogP contribution in [-0.4, -0.2) is 18.4 Å². The second-order valence-electron chi connectivity index (χ2n) is 2.05. The summed E-state index contributed by atoms with van der Waals surface area (Å²) in [6, 6.07) is 1.23. The highest BCUT2D eigenvalue weighted by Gasteiger charge is 2.12. The third kappa shape index (κ3) is 1.80. The van der Waals surface area contributed by atoms with Crippen LogP contribution in [0.2, 0.25) is 0 Å². The molecule has 7 nitrogen and oxygen atoms in total. The van der Waals surface area contributed by atoms with Crippen LogP contribution in [0.1, 0.15) is 0 Å².